The summed E-state index contributed by atoms with van der Waals surface area (Å²) in [4.78, 5) is 11.4. The molecule has 0 aliphatic rings. The first kappa shape index (κ1) is 13.1. The molecule has 7 heteroatoms. The predicted octanol–water partition coefficient (Wildman–Crippen LogP) is 2.67. The number of esters is 1. The van der Waals surface area contributed by atoms with E-state index in [4.69, 9.17) is 4.74 Å². The lowest BCUT2D eigenvalue weighted by Gasteiger charge is -2.01. The third-order valence-corrected chi connectivity index (χ3v) is 2.34. The second-order valence-corrected chi connectivity index (χ2v) is 3.63. The Morgan fingerprint density at radius 1 is 1.26 bits per heavy atom. The van der Waals surface area contributed by atoms with Crippen molar-refractivity contribution in [3.05, 3.63) is 41.3 Å². The van der Waals surface area contributed by atoms with Crippen molar-refractivity contribution in [3.8, 4) is 11.3 Å². The summed E-state index contributed by atoms with van der Waals surface area (Å²) in [7, 11) is 0. The molecular weight excluding hydrogens is 261 g/mol. The van der Waals surface area contributed by atoms with Crippen molar-refractivity contribution in [2.45, 2.75) is 6.92 Å². The van der Waals surface area contributed by atoms with Gasteiger partial charge >= 0.3 is 5.97 Å². The molecule has 0 spiro atoms. The monoisotopic (exact) mass is 270 g/mol. The normalized spacial score (nSPS) is 10.5. The Bertz CT molecular complexity index is 602. The molecule has 0 saturated heterocycles. The number of rotatable bonds is 3. The third kappa shape index (κ3) is 2.59. The van der Waals surface area contributed by atoms with Crippen LogP contribution in [0.4, 0.5) is 13.2 Å². The first-order valence-corrected chi connectivity index (χ1v) is 5.40. The molecule has 0 atom stereocenters. The van der Waals surface area contributed by atoms with E-state index in [9.17, 15) is 18.0 Å². The summed E-state index contributed by atoms with van der Waals surface area (Å²) in [5.74, 6) is -3.91. The summed E-state index contributed by atoms with van der Waals surface area (Å²) in [6, 6.07) is 2.21. The maximum absolute atomic E-state index is 13.5. The third-order valence-electron chi connectivity index (χ3n) is 2.34. The quantitative estimate of drug-likeness (QED) is 0.872. The molecule has 1 N–H and O–H groups in total. The number of ether oxygens (including phenoxy) is 1. The molecule has 0 unspecified atom stereocenters. The Morgan fingerprint density at radius 3 is 2.47 bits per heavy atom. The fourth-order valence-corrected chi connectivity index (χ4v) is 1.55. The maximum Gasteiger partial charge on any atom is 0.356 e. The zero-order chi connectivity index (χ0) is 14.0. The van der Waals surface area contributed by atoms with E-state index in [0.717, 1.165) is 6.07 Å². The summed E-state index contributed by atoms with van der Waals surface area (Å²) < 4.78 is 44.5. The number of H-pyrrole nitrogens is 1. The van der Waals surface area contributed by atoms with Gasteiger partial charge < -0.3 is 4.74 Å². The van der Waals surface area contributed by atoms with Crippen molar-refractivity contribution in [1.29, 1.82) is 0 Å². The number of hydrogen-bond acceptors (Lipinski definition) is 3. The van der Waals surface area contributed by atoms with Gasteiger partial charge in [0.15, 0.2) is 0 Å². The number of carbonyl (C=O) groups is 1. The van der Waals surface area contributed by atoms with E-state index in [0.29, 0.717) is 12.1 Å². The van der Waals surface area contributed by atoms with Crippen LogP contribution in [-0.2, 0) is 4.74 Å². The molecule has 0 saturated carbocycles. The van der Waals surface area contributed by atoms with E-state index in [1.165, 1.54) is 0 Å². The van der Waals surface area contributed by atoms with Crippen LogP contribution in [0.25, 0.3) is 11.3 Å². The molecule has 0 amide bonds. The number of aromatic amines is 1. The highest BCUT2D eigenvalue weighted by atomic mass is 19.1. The van der Waals surface area contributed by atoms with Crippen molar-refractivity contribution in [1.82, 2.24) is 10.2 Å². The first-order valence-electron chi connectivity index (χ1n) is 5.40. The fraction of sp³-hybridized carbons (Fsp3) is 0.167. The molecule has 1 aromatic heterocycles. The summed E-state index contributed by atoms with van der Waals surface area (Å²) >= 11 is 0. The summed E-state index contributed by atoms with van der Waals surface area (Å²) in [5, 5.41) is 5.92. The van der Waals surface area contributed by atoms with E-state index in [1.54, 1.807) is 6.92 Å². The Kier molecular flexibility index (Phi) is 3.55. The van der Waals surface area contributed by atoms with E-state index < -0.39 is 29.0 Å². The molecule has 0 bridgehead atoms. The zero-order valence-electron chi connectivity index (χ0n) is 9.84. The molecule has 2 aromatic rings. The SMILES string of the molecule is CCOC(=O)c1cc(-c2c(F)cc(F)cc2F)n[nH]1. The van der Waals surface area contributed by atoms with Gasteiger partial charge in [-0.2, -0.15) is 5.10 Å². The standard InChI is InChI=1S/C12H9F3N2O2/c1-2-19-12(18)10-5-9(16-17-10)11-7(14)3-6(13)4-8(11)15/h3-5H,2H2,1H3,(H,16,17). The van der Waals surface area contributed by atoms with Crippen LogP contribution in [0.3, 0.4) is 0 Å². The van der Waals surface area contributed by atoms with Gasteiger partial charge in [-0.15, -0.1) is 0 Å². The largest absolute Gasteiger partial charge is 0.461 e. The lowest BCUT2D eigenvalue weighted by Crippen LogP contribution is -2.04. The van der Waals surface area contributed by atoms with Crippen LogP contribution >= 0.6 is 0 Å². The van der Waals surface area contributed by atoms with Gasteiger partial charge in [-0.1, -0.05) is 0 Å². The van der Waals surface area contributed by atoms with Crippen LogP contribution in [0.5, 0.6) is 0 Å². The number of halogens is 3. The van der Waals surface area contributed by atoms with Crippen molar-refractivity contribution < 1.29 is 22.7 Å². The Balaban J connectivity index is 2.41. The second-order valence-electron chi connectivity index (χ2n) is 3.63. The highest BCUT2D eigenvalue weighted by molar-refractivity contribution is 5.88. The van der Waals surface area contributed by atoms with E-state index in [1.807, 2.05) is 0 Å². The van der Waals surface area contributed by atoms with Gasteiger partial charge in [0, 0.05) is 12.1 Å². The van der Waals surface area contributed by atoms with Crippen LogP contribution in [0.2, 0.25) is 0 Å². The topological polar surface area (TPSA) is 55.0 Å². The summed E-state index contributed by atoms with van der Waals surface area (Å²) in [6.45, 7) is 1.78. The van der Waals surface area contributed by atoms with Gasteiger partial charge in [-0.05, 0) is 13.0 Å². The molecule has 1 aromatic carbocycles. The van der Waals surface area contributed by atoms with Gasteiger partial charge in [0.1, 0.15) is 23.1 Å². The van der Waals surface area contributed by atoms with Crippen LogP contribution in [0.1, 0.15) is 17.4 Å². The molecule has 0 fully saturated rings. The average molecular weight is 270 g/mol. The number of aromatic nitrogens is 2. The molecule has 100 valence electrons. The smallest absolute Gasteiger partial charge is 0.356 e. The molecule has 1 heterocycles. The van der Waals surface area contributed by atoms with E-state index in [2.05, 4.69) is 10.2 Å². The summed E-state index contributed by atoms with van der Waals surface area (Å²) in [5.41, 5.74) is -0.689. The maximum atomic E-state index is 13.5. The minimum Gasteiger partial charge on any atom is -0.461 e. The van der Waals surface area contributed by atoms with Gasteiger partial charge in [-0.25, -0.2) is 18.0 Å². The lowest BCUT2D eigenvalue weighted by molar-refractivity contribution is 0.0519. The van der Waals surface area contributed by atoms with Crippen molar-refractivity contribution in [3.63, 3.8) is 0 Å². The van der Waals surface area contributed by atoms with Crippen LogP contribution in [0, 0.1) is 17.5 Å². The first-order chi connectivity index (χ1) is 9.02. The molecule has 0 radical (unpaired) electrons. The van der Waals surface area contributed by atoms with Gasteiger partial charge in [-0.3, -0.25) is 5.10 Å². The lowest BCUT2D eigenvalue weighted by atomic mass is 10.1. The minimum absolute atomic E-state index is 0.0417. The minimum atomic E-state index is -1.10. The molecule has 0 aliphatic heterocycles. The number of nitrogens with one attached hydrogen (secondary N) is 1. The average Bonchev–Trinajstić information content (AvgIpc) is 2.77. The number of nitrogens with zero attached hydrogens (tertiary/aromatic N) is 1. The molecule has 0 aliphatic carbocycles. The summed E-state index contributed by atoms with van der Waals surface area (Å²) in [6.07, 6.45) is 0. The predicted molar refractivity (Wildman–Crippen MR) is 59.9 cm³/mol. The van der Waals surface area contributed by atoms with Crippen molar-refractivity contribution in [2.75, 3.05) is 6.61 Å². The molecular formula is C12H9F3N2O2. The zero-order valence-corrected chi connectivity index (χ0v) is 9.84. The Labute approximate surface area is 106 Å². The number of benzene rings is 1. The van der Waals surface area contributed by atoms with Gasteiger partial charge in [0.2, 0.25) is 0 Å². The van der Waals surface area contributed by atoms with Crippen LogP contribution in [-0.4, -0.2) is 22.8 Å². The Hall–Kier alpha value is -2.31. The number of carbonyl (C=O) groups excluding carboxylic acids is 1. The second kappa shape index (κ2) is 5.13. The molecule has 2 rings (SSSR count). The van der Waals surface area contributed by atoms with Gasteiger partial charge in [0.25, 0.3) is 0 Å². The Morgan fingerprint density at radius 2 is 1.89 bits per heavy atom. The highest BCUT2D eigenvalue weighted by Gasteiger charge is 2.18. The number of hydrogen-bond donors (Lipinski definition) is 1. The highest BCUT2D eigenvalue weighted by Crippen LogP contribution is 2.25. The van der Waals surface area contributed by atoms with Crippen molar-refractivity contribution >= 4 is 5.97 Å². The fourth-order valence-electron chi connectivity index (χ4n) is 1.55. The van der Waals surface area contributed by atoms with Gasteiger partial charge in [0.05, 0.1) is 17.9 Å². The van der Waals surface area contributed by atoms with Crippen molar-refractivity contribution in [2.24, 2.45) is 0 Å². The van der Waals surface area contributed by atoms with E-state index in [-0.39, 0.29) is 18.0 Å². The van der Waals surface area contributed by atoms with E-state index >= 15 is 0 Å². The van der Waals surface area contributed by atoms with Crippen LogP contribution in [0.15, 0.2) is 18.2 Å². The molecule has 19 heavy (non-hydrogen) atoms. The van der Waals surface area contributed by atoms with Crippen LogP contribution < -0.4 is 0 Å². The molecule has 4 nitrogen and oxygen atoms in total.